The van der Waals surface area contributed by atoms with Crippen LogP contribution in [0.4, 0.5) is 10.1 Å². The molecule has 1 aromatic carbocycles. The van der Waals surface area contributed by atoms with Crippen molar-refractivity contribution in [3.63, 3.8) is 0 Å². The number of hydrogen-bond acceptors (Lipinski definition) is 13. The van der Waals surface area contributed by atoms with Crippen molar-refractivity contribution in [1.29, 1.82) is 0 Å². The van der Waals surface area contributed by atoms with Crippen LogP contribution in [0.5, 0.6) is 11.5 Å². The number of carboxylic acid groups (broad SMARTS) is 1. The molecule has 0 amide bonds. The smallest absolute Gasteiger partial charge is 0.358 e. The molecule has 19 heteroatoms. The minimum atomic E-state index is -1.44. The van der Waals surface area contributed by atoms with Crippen LogP contribution < -0.4 is 16.0 Å². The van der Waals surface area contributed by atoms with Crippen LogP contribution in [0.2, 0.25) is 5.02 Å². The number of benzene rings is 1. The van der Waals surface area contributed by atoms with Crippen LogP contribution in [0.25, 0.3) is 11.3 Å². The zero-order valence-electron chi connectivity index (χ0n) is 24.9. The number of aromatic carboxylic acids is 1. The number of aromatic amines is 1. The summed E-state index contributed by atoms with van der Waals surface area (Å²) in [4.78, 5) is 57.6. The first kappa shape index (κ1) is 32.7. The standard InChI is InChI=1S/C17H10ClFN6O3.C13H13N3O5/c18-10-3-1-2-9(12(10)19)6-8-4-5-11-20-13(14(26)16-21-23-24-22-16)15(27)17(28)25(11)7-8;17-11-10(13(19)20)14-9-7-8(1-2-16(9)12(11)18)15-3-5-21-6-4-15/h1-5,7,27H,6H2,(H,21,22,23,24);1-2,7,17H,3-6H2,(H,19,20). The van der Waals surface area contributed by atoms with E-state index in [-0.39, 0.29) is 28.6 Å². The molecule has 1 aliphatic rings. The van der Waals surface area contributed by atoms with E-state index in [1.54, 1.807) is 30.3 Å². The van der Waals surface area contributed by atoms with Crippen LogP contribution in [-0.4, -0.2) is 92.8 Å². The normalized spacial score (nSPS) is 12.9. The maximum Gasteiger partial charge on any atom is 0.358 e. The van der Waals surface area contributed by atoms with Gasteiger partial charge in [0.2, 0.25) is 17.3 Å². The van der Waals surface area contributed by atoms with Crippen molar-refractivity contribution in [3.8, 4) is 11.5 Å². The first-order chi connectivity index (χ1) is 23.5. The Morgan fingerprint density at radius 1 is 0.959 bits per heavy atom. The molecule has 0 unspecified atom stereocenters. The molecule has 7 rings (SSSR count). The number of ketones is 1. The van der Waals surface area contributed by atoms with Gasteiger partial charge in [-0.05, 0) is 34.5 Å². The van der Waals surface area contributed by atoms with Crippen LogP contribution in [0.3, 0.4) is 0 Å². The van der Waals surface area contributed by atoms with E-state index < -0.39 is 51.6 Å². The quantitative estimate of drug-likeness (QED) is 0.181. The van der Waals surface area contributed by atoms with Crippen molar-refractivity contribution >= 4 is 40.3 Å². The van der Waals surface area contributed by atoms with Gasteiger partial charge in [0.25, 0.3) is 5.78 Å². The number of nitrogens with zero attached hydrogens (tertiary/aromatic N) is 8. The van der Waals surface area contributed by atoms with Crippen LogP contribution >= 0.6 is 11.6 Å². The summed E-state index contributed by atoms with van der Waals surface area (Å²) in [7, 11) is 0. The number of carbonyl (C=O) groups is 2. The molecule has 6 heterocycles. The number of halogens is 2. The summed E-state index contributed by atoms with van der Waals surface area (Å²) >= 11 is 5.79. The van der Waals surface area contributed by atoms with Gasteiger partial charge in [0.1, 0.15) is 17.1 Å². The highest BCUT2D eigenvalue weighted by Crippen LogP contribution is 2.22. The molecule has 250 valence electrons. The van der Waals surface area contributed by atoms with Crippen LogP contribution in [0, 0.1) is 5.82 Å². The third kappa shape index (κ3) is 6.49. The molecule has 0 spiro atoms. The van der Waals surface area contributed by atoms with E-state index in [4.69, 9.17) is 21.4 Å². The lowest BCUT2D eigenvalue weighted by Crippen LogP contribution is -2.36. The second-order valence-electron chi connectivity index (χ2n) is 10.5. The number of tetrazole rings is 1. The van der Waals surface area contributed by atoms with E-state index in [0.29, 0.717) is 37.4 Å². The fraction of sp³-hybridized carbons (Fsp3) is 0.167. The number of carbonyl (C=O) groups excluding carboxylic acids is 1. The molecule has 0 saturated carbocycles. The number of nitrogens with one attached hydrogen (secondary N) is 1. The lowest BCUT2D eigenvalue weighted by atomic mass is 10.1. The van der Waals surface area contributed by atoms with E-state index in [9.17, 15) is 33.8 Å². The van der Waals surface area contributed by atoms with Crippen molar-refractivity contribution in [2.24, 2.45) is 0 Å². The average Bonchev–Trinajstić information content (AvgIpc) is 3.66. The molecule has 6 aromatic rings. The van der Waals surface area contributed by atoms with Crippen LogP contribution in [0.15, 0.2) is 64.4 Å². The maximum atomic E-state index is 14.1. The van der Waals surface area contributed by atoms with Gasteiger partial charge < -0.3 is 25.0 Å². The number of hydrogen-bond donors (Lipinski definition) is 4. The van der Waals surface area contributed by atoms with Gasteiger partial charge in [-0.3, -0.25) is 23.2 Å². The van der Waals surface area contributed by atoms with Gasteiger partial charge in [0, 0.05) is 43.7 Å². The Bertz CT molecular complexity index is 2360. The van der Waals surface area contributed by atoms with Crippen molar-refractivity contribution in [2.45, 2.75) is 6.42 Å². The minimum Gasteiger partial charge on any atom is -0.501 e. The van der Waals surface area contributed by atoms with E-state index in [1.165, 1.54) is 24.5 Å². The highest BCUT2D eigenvalue weighted by Gasteiger charge is 2.24. The summed E-state index contributed by atoms with van der Waals surface area (Å²) in [6, 6.07) is 11.1. The second kappa shape index (κ2) is 13.5. The molecule has 1 saturated heterocycles. The van der Waals surface area contributed by atoms with Gasteiger partial charge >= 0.3 is 17.1 Å². The van der Waals surface area contributed by atoms with Crippen molar-refractivity contribution in [1.82, 2.24) is 39.4 Å². The molecule has 0 aliphatic carbocycles. The predicted molar refractivity (Wildman–Crippen MR) is 168 cm³/mol. The van der Waals surface area contributed by atoms with Crippen molar-refractivity contribution in [3.05, 3.63) is 115 Å². The van der Waals surface area contributed by atoms with Crippen LogP contribution in [0.1, 0.15) is 37.9 Å². The lowest BCUT2D eigenvalue weighted by Gasteiger charge is -2.28. The first-order valence-corrected chi connectivity index (χ1v) is 14.7. The van der Waals surface area contributed by atoms with Gasteiger partial charge in [-0.2, -0.15) is 5.21 Å². The van der Waals surface area contributed by atoms with Gasteiger partial charge in [0.05, 0.1) is 18.2 Å². The van der Waals surface area contributed by atoms with Gasteiger partial charge in [-0.15, -0.1) is 10.2 Å². The van der Waals surface area contributed by atoms with E-state index in [1.807, 2.05) is 0 Å². The number of carboxylic acids is 1. The third-order valence-electron chi connectivity index (χ3n) is 7.42. The largest absolute Gasteiger partial charge is 0.501 e. The average molecular weight is 692 g/mol. The van der Waals surface area contributed by atoms with E-state index >= 15 is 0 Å². The zero-order valence-corrected chi connectivity index (χ0v) is 25.7. The number of morpholine rings is 1. The molecular weight excluding hydrogens is 669 g/mol. The highest BCUT2D eigenvalue weighted by molar-refractivity contribution is 6.30. The predicted octanol–water partition coefficient (Wildman–Crippen LogP) is 1.46. The van der Waals surface area contributed by atoms with Crippen molar-refractivity contribution in [2.75, 3.05) is 31.2 Å². The summed E-state index contributed by atoms with van der Waals surface area (Å²) in [5.74, 6) is -4.88. The molecule has 49 heavy (non-hydrogen) atoms. The molecule has 0 atom stereocenters. The first-order valence-electron chi connectivity index (χ1n) is 14.3. The topological polar surface area (TPSA) is 230 Å². The summed E-state index contributed by atoms with van der Waals surface area (Å²) in [6.45, 7) is 2.65. The fourth-order valence-corrected chi connectivity index (χ4v) is 5.18. The molecule has 0 radical (unpaired) electrons. The van der Waals surface area contributed by atoms with Crippen molar-refractivity contribution < 1.29 is 34.0 Å². The number of rotatable bonds is 6. The lowest BCUT2D eigenvalue weighted by molar-refractivity contribution is 0.0686. The Labute approximate surface area is 277 Å². The summed E-state index contributed by atoms with van der Waals surface area (Å²) < 4.78 is 21.6. The minimum absolute atomic E-state index is 0.000568. The number of aromatic hydroxyl groups is 2. The Morgan fingerprint density at radius 2 is 1.67 bits per heavy atom. The zero-order chi connectivity index (χ0) is 34.8. The second-order valence-corrected chi connectivity index (χ2v) is 10.9. The number of fused-ring (bicyclic) bond motifs is 2. The summed E-state index contributed by atoms with van der Waals surface area (Å²) in [5, 5.41) is 41.1. The Kier molecular flexibility index (Phi) is 8.97. The van der Waals surface area contributed by atoms with Gasteiger partial charge in [0.15, 0.2) is 11.4 Å². The Hall–Kier alpha value is -6.27. The SMILES string of the molecule is O=C(O)c1nc2cc(N3CCOCC3)ccn2c(=O)c1O.O=C(c1nn[nH]n1)c1nc2ccc(Cc3cccc(Cl)c3F)cn2c(=O)c1O. The monoisotopic (exact) mass is 691 g/mol. The number of aromatic nitrogens is 8. The number of H-pyrrole nitrogens is 1. The van der Waals surface area contributed by atoms with E-state index in [0.717, 1.165) is 14.5 Å². The Balaban J connectivity index is 0.000000177. The van der Waals surface area contributed by atoms with Crippen LogP contribution in [-0.2, 0) is 11.2 Å². The molecule has 17 nitrogen and oxygen atoms in total. The molecule has 1 aliphatic heterocycles. The molecule has 5 aromatic heterocycles. The summed E-state index contributed by atoms with van der Waals surface area (Å²) in [5.41, 5.74) is -0.734. The molecule has 4 N–H and O–H groups in total. The van der Waals surface area contributed by atoms with Gasteiger partial charge in [-0.25, -0.2) is 19.2 Å². The maximum absolute atomic E-state index is 14.1. The Morgan fingerprint density at radius 3 is 2.39 bits per heavy atom. The number of pyridine rings is 2. The molecular formula is C30H23ClFN9O8. The highest BCUT2D eigenvalue weighted by atomic mass is 35.5. The third-order valence-corrected chi connectivity index (χ3v) is 7.71. The molecule has 0 bridgehead atoms. The fourth-order valence-electron chi connectivity index (χ4n) is 4.99. The molecule has 1 fully saturated rings. The number of ether oxygens (including phenoxy) is 1. The number of anilines is 1. The van der Waals surface area contributed by atoms with E-state index in [2.05, 4.69) is 35.5 Å². The van der Waals surface area contributed by atoms with Gasteiger partial charge in [-0.1, -0.05) is 29.8 Å². The summed E-state index contributed by atoms with van der Waals surface area (Å²) in [6.07, 6.45) is 3.05.